The number of carbonyl (C=O) groups excluding carboxylic acids is 2. The monoisotopic (exact) mass is 581 g/mol. The fourth-order valence-corrected chi connectivity index (χ4v) is 6.77. The number of nitrogens with one attached hydrogen (secondary N) is 1. The number of hydrogen-bond donors (Lipinski definition) is 1. The molecule has 0 saturated heterocycles. The Morgan fingerprint density at radius 1 is 0.900 bits per heavy atom. The molecule has 1 atom stereocenters. The van der Waals surface area contributed by atoms with Crippen LogP contribution >= 0.6 is 11.6 Å². The Morgan fingerprint density at radius 2 is 1.50 bits per heavy atom. The third-order valence-electron chi connectivity index (χ3n) is 7.33. The first kappa shape index (κ1) is 29.6. The van der Waals surface area contributed by atoms with Crippen LogP contribution in [0.2, 0.25) is 5.02 Å². The van der Waals surface area contributed by atoms with Crippen LogP contribution in [0.25, 0.3) is 0 Å². The fourth-order valence-electron chi connectivity index (χ4n) is 5.03. The summed E-state index contributed by atoms with van der Waals surface area (Å²) in [4.78, 5) is 28.8. The number of carbonyl (C=O) groups is 2. The average molecular weight is 582 g/mol. The summed E-state index contributed by atoms with van der Waals surface area (Å²) in [7, 11) is -4.14. The van der Waals surface area contributed by atoms with E-state index in [2.05, 4.69) is 5.32 Å². The van der Waals surface area contributed by atoms with Gasteiger partial charge in [-0.15, -0.1) is 0 Å². The number of hydrogen-bond acceptors (Lipinski definition) is 4. The van der Waals surface area contributed by atoms with Gasteiger partial charge in [-0.05, 0) is 56.0 Å². The number of rotatable bonds is 11. The first-order valence-corrected chi connectivity index (χ1v) is 15.6. The van der Waals surface area contributed by atoms with E-state index in [0.717, 1.165) is 42.0 Å². The lowest BCUT2D eigenvalue weighted by Crippen LogP contribution is -2.53. The van der Waals surface area contributed by atoms with Crippen molar-refractivity contribution < 1.29 is 18.0 Å². The predicted molar refractivity (Wildman–Crippen MR) is 159 cm³/mol. The smallest absolute Gasteiger partial charge is 0.264 e. The van der Waals surface area contributed by atoms with Gasteiger partial charge >= 0.3 is 0 Å². The Labute approximate surface area is 242 Å². The molecule has 4 rings (SSSR count). The van der Waals surface area contributed by atoms with Crippen molar-refractivity contribution in [3.63, 3.8) is 0 Å². The Bertz CT molecular complexity index is 1380. The van der Waals surface area contributed by atoms with Gasteiger partial charge in [-0.2, -0.15) is 0 Å². The van der Waals surface area contributed by atoms with Crippen LogP contribution in [0.3, 0.4) is 0 Å². The highest BCUT2D eigenvalue weighted by molar-refractivity contribution is 7.92. The Morgan fingerprint density at radius 3 is 2.15 bits per heavy atom. The lowest BCUT2D eigenvalue weighted by Gasteiger charge is -2.33. The van der Waals surface area contributed by atoms with Crippen molar-refractivity contribution in [1.29, 1.82) is 0 Å². The third-order valence-corrected chi connectivity index (χ3v) is 9.43. The van der Waals surface area contributed by atoms with Gasteiger partial charge in [-0.25, -0.2) is 8.42 Å². The van der Waals surface area contributed by atoms with Gasteiger partial charge < -0.3 is 10.2 Å². The molecule has 1 fully saturated rings. The fraction of sp³-hybridized carbons (Fsp3) is 0.355. The van der Waals surface area contributed by atoms with Crippen molar-refractivity contribution in [3.8, 4) is 0 Å². The van der Waals surface area contributed by atoms with E-state index in [4.69, 9.17) is 11.6 Å². The molecule has 1 aliphatic rings. The van der Waals surface area contributed by atoms with Gasteiger partial charge in [0.1, 0.15) is 12.6 Å². The molecule has 0 aromatic heterocycles. The lowest BCUT2D eigenvalue weighted by molar-refractivity contribution is -0.139. The first-order valence-electron chi connectivity index (χ1n) is 13.7. The normalized spacial score (nSPS) is 14.8. The standard InChI is InChI=1S/C31H36ClN3O4S/c1-24(31(37)33-26-15-7-3-8-16-26)34(22-21-25-13-5-2-6-14-25)30(36)23-35(29-20-12-11-19-28(29)32)40(38,39)27-17-9-4-10-18-27/h2,4-6,9-14,17-20,24,26H,3,7-8,15-16,21-23H2,1H3,(H,33,37)/t24-/m0/s1. The SMILES string of the molecule is C[C@@H](C(=O)NC1CCCCC1)N(CCc1ccccc1)C(=O)CN(c1ccccc1Cl)S(=O)(=O)c1ccccc1. The van der Waals surface area contributed by atoms with Crippen molar-refractivity contribution in [1.82, 2.24) is 10.2 Å². The number of benzene rings is 3. The van der Waals surface area contributed by atoms with Crippen LogP contribution in [0.15, 0.2) is 89.8 Å². The molecule has 1 saturated carbocycles. The van der Waals surface area contributed by atoms with Gasteiger partial charge in [-0.1, -0.05) is 91.5 Å². The number of amides is 2. The molecule has 7 nitrogen and oxygen atoms in total. The summed E-state index contributed by atoms with van der Waals surface area (Å²) >= 11 is 6.44. The zero-order valence-corrected chi connectivity index (χ0v) is 24.3. The van der Waals surface area contributed by atoms with E-state index in [-0.39, 0.29) is 34.1 Å². The molecule has 0 heterocycles. The van der Waals surface area contributed by atoms with E-state index < -0.39 is 28.5 Å². The minimum atomic E-state index is -4.14. The summed E-state index contributed by atoms with van der Waals surface area (Å²) < 4.78 is 28.6. The van der Waals surface area contributed by atoms with Crippen molar-refractivity contribution >= 4 is 39.1 Å². The van der Waals surface area contributed by atoms with E-state index in [0.29, 0.717) is 6.42 Å². The Hall–Kier alpha value is -3.36. The molecular weight excluding hydrogens is 546 g/mol. The highest BCUT2D eigenvalue weighted by atomic mass is 35.5. The molecule has 0 aliphatic heterocycles. The third kappa shape index (κ3) is 7.43. The largest absolute Gasteiger partial charge is 0.352 e. The second kappa shape index (κ2) is 13.8. The number of sulfonamides is 1. The Kier molecular flexibility index (Phi) is 10.2. The van der Waals surface area contributed by atoms with E-state index in [1.54, 1.807) is 49.4 Å². The van der Waals surface area contributed by atoms with E-state index in [1.165, 1.54) is 17.0 Å². The molecule has 40 heavy (non-hydrogen) atoms. The van der Waals surface area contributed by atoms with Crippen molar-refractivity contribution in [2.24, 2.45) is 0 Å². The summed E-state index contributed by atoms with van der Waals surface area (Å²) in [5.74, 6) is -0.717. The van der Waals surface area contributed by atoms with Crippen LogP contribution in [-0.2, 0) is 26.0 Å². The summed E-state index contributed by atoms with van der Waals surface area (Å²) in [6.07, 6.45) is 5.67. The van der Waals surface area contributed by atoms with Crippen LogP contribution in [-0.4, -0.2) is 50.3 Å². The molecule has 3 aromatic rings. The maximum Gasteiger partial charge on any atom is 0.264 e. The maximum atomic E-state index is 14.0. The van der Waals surface area contributed by atoms with Gasteiger partial charge in [0, 0.05) is 12.6 Å². The zero-order chi connectivity index (χ0) is 28.5. The van der Waals surface area contributed by atoms with Crippen molar-refractivity contribution in [2.75, 3.05) is 17.4 Å². The van der Waals surface area contributed by atoms with Crippen molar-refractivity contribution in [3.05, 3.63) is 95.5 Å². The molecule has 9 heteroatoms. The minimum absolute atomic E-state index is 0.0432. The number of halogens is 1. The summed E-state index contributed by atoms with van der Waals surface area (Å²) in [5.41, 5.74) is 1.21. The van der Waals surface area contributed by atoms with E-state index in [9.17, 15) is 18.0 Å². The molecule has 0 unspecified atom stereocenters. The summed E-state index contributed by atoms with van der Waals surface area (Å²) in [6.45, 7) is 1.45. The van der Waals surface area contributed by atoms with Crippen LogP contribution in [0.1, 0.15) is 44.6 Å². The molecule has 0 radical (unpaired) electrons. The van der Waals surface area contributed by atoms with Gasteiger partial charge in [-0.3, -0.25) is 13.9 Å². The second-order valence-electron chi connectivity index (χ2n) is 10.1. The highest BCUT2D eigenvalue weighted by Crippen LogP contribution is 2.30. The van der Waals surface area contributed by atoms with Gasteiger partial charge in [0.15, 0.2) is 0 Å². The number of nitrogens with zero attached hydrogens (tertiary/aromatic N) is 2. The maximum absolute atomic E-state index is 14.0. The quantitative estimate of drug-likeness (QED) is 0.326. The molecule has 2 amide bonds. The summed E-state index contributed by atoms with van der Waals surface area (Å²) in [5, 5.41) is 3.32. The van der Waals surface area contributed by atoms with Gasteiger partial charge in [0.2, 0.25) is 11.8 Å². The molecule has 3 aromatic carbocycles. The number of para-hydroxylation sites is 1. The predicted octanol–water partition coefficient (Wildman–Crippen LogP) is 5.44. The second-order valence-corrected chi connectivity index (χ2v) is 12.4. The van der Waals surface area contributed by atoms with Crippen molar-refractivity contribution in [2.45, 2.75) is 62.4 Å². The lowest BCUT2D eigenvalue weighted by atomic mass is 9.95. The first-order chi connectivity index (χ1) is 19.3. The van der Waals surface area contributed by atoms with Crippen LogP contribution < -0.4 is 9.62 Å². The summed E-state index contributed by atoms with van der Waals surface area (Å²) in [6, 6.07) is 23.5. The number of anilines is 1. The van der Waals surface area contributed by atoms with Crippen LogP contribution in [0.5, 0.6) is 0 Å². The van der Waals surface area contributed by atoms with Gasteiger partial charge in [0.25, 0.3) is 10.0 Å². The van der Waals surface area contributed by atoms with Crippen LogP contribution in [0.4, 0.5) is 5.69 Å². The Balaban J connectivity index is 1.63. The molecule has 0 spiro atoms. The average Bonchev–Trinajstić information content (AvgIpc) is 2.98. The molecule has 0 bridgehead atoms. The van der Waals surface area contributed by atoms with Crippen LogP contribution in [0, 0.1) is 0 Å². The van der Waals surface area contributed by atoms with Gasteiger partial charge in [0.05, 0.1) is 15.6 Å². The molecule has 1 N–H and O–H groups in total. The molecular formula is C31H36ClN3O4S. The van der Waals surface area contributed by atoms with E-state index >= 15 is 0 Å². The highest BCUT2D eigenvalue weighted by Gasteiger charge is 2.33. The zero-order valence-electron chi connectivity index (χ0n) is 22.7. The minimum Gasteiger partial charge on any atom is -0.352 e. The topological polar surface area (TPSA) is 86.8 Å². The molecule has 212 valence electrons. The van der Waals surface area contributed by atoms with E-state index in [1.807, 2.05) is 30.3 Å². The molecule has 1 aliphatic carbocycles.